The predicted octanol–water partition coefficient (Wildman–Crippen LogP) is 3.36. The Labute approximate surface area is 166 Å². The second-order valence-corrected chi connectivity index (χ2v) is 6.88. The number of carbonyl (C=O) groups excluding carboxylic acids is 1. The molecule has 0 saturated carbocycles. The first-order valence-electron chi connectivity index (χ1n) is 8.47. The van der Waals surface area contributed by atoms with Crippen molar-refractivity contribution in [2.24, 2.45) is 4.99 Å². The van der Waals surface area contributed by atoms with E-state index in [2.05, 4.69) is 4.99 Å². The van der Waals surface area contributed by atoms with Crippen LogP contribution in [0.5, 0.6) is 11.5 Å². The Balaban J connectivity index is 1.73. The highest BCUT2D eigenvalue weighted by atomic mass is 32.2. The van der Waals surface area contributed by atoms with Crippen molar-refractivity contribution in [1.29, 1.82) is 0 Å². The summed E-state index contributed by atoms with van der Waals surface area (Å²) in [5.74, 6) is 1.35. The van der Waals surface area contributed by atoms with Crippen LogP contribution in [0.1, 0.15) is 15.9 Å². The van der Waals surface area contributed by atoms with Gasteiger partial charge in [0.15, 0.2) is 5.17 Å². The second kappa shape index (κ2) is 8.75. The normalized spacial score (nSPS) is 13.2. The lowest BCUT2D eigenvalue weighted by molar-refractivity contribution is -0.384. The van der Waals surface area contributed by atoms with E-state index in [1.807, 2.05) is 6.07 Å². The molecule has 2 aromatic carbocycles. The number of nitro groups is 1. The molecule has 0 unspecified atom stereocenters. The summed E-state index contributed by atoms with van der Waals surface area (Å²) in [6.45, 7) is 1.000. The van der Waals surface area contributed by atoms with Crippen LogP contribution >= 0.6 is 11.8 Å². The van der Waals surface area contributed by atoms with E-state index in [9.17, 15) is 14.9 Å². The number of ether oxygens (including phenoxy) is 2. The Morgan fingerprint density at radius 2 is 1.93 bits per heavy atom. The molecule has 3 rings (SSSR count). The Hall–Kier alpha value is -3.07. The SMILES string of the molecule is COc1cc(OC)cc(C(=O)N2CCN=C2SCc2cccc([N+](=O)[O-])c2)c1. The standard InChI is InChI=1S/C19H19N3O5S/c1-26-16-9-14(10-17(11-16)27-2)18(23)21-7-6-20-19(21)28-12-13-4-3-5-15(8-13)22(24)25/h3-5,8-11H,6-7,12H2,1-2H3. The highest BCUT2D eigenvalue weighted by molar-refractivity contribution is 8.13. The van der Waals surface area contributed by atoms with Gasteiger partial charge in [-0.2, -0.15) is 0 Å². The van der Waals surface area contributed by atoms with Gasteiger partial charge in [0.2, 0.25) is 0 Å². The maximum Gasteiger partial charge on any atom is 0.269 e. The van der Waals surface area contributed by atoms with Gasteiger partial charge in [0.05, 0.1) is 25.7 Å². The molecule has 8 nitrogen and oxygen atoms in total. The lowest BCUT2D eigenvalue weighted by Gasteiger charge is -2.18. The van der Waals surface area contributed by atoms with Gasteiger partial charge in [-0.05, 0) is 17.7 Å². The Morgan fingerprint density at radius 3 is 2.57 bits per heavy atom. The molecule has 28 heavy (non-hydrogen) atoms. The molecule has 9 heteroatoms. The van der Waals surface area contributed by atoms with Crippen LogP contribution in [-0.2, 0) is 5.75 Å². The zero-order valence-corrected chi connectivity index (χ0v) is 16.3. The van der Waals surface area contributed by atoms with E-state index in [-0.39, 0.29) is 11.6 Å². The van der Waals surface area contributed by atoms with E-state index in [1.165, 1.54) is 38.1 Å². The highest BCUT2D eigenvalue weighted by Gasteiger charge is 2.26. The second-order valence-electron chi connectivity index (χ2n) is 5.94. The molecule has 0 fully saturated rings. The zero-order valence-electron chi connectivity index (χ0n) is 15.5. The number of amides is 1. The molecule has 0 aliphatic carbocycles. The lowest BCUT2D eigenvalue weighted by atomic mass is 10.1. The summed E-state index contributed by atoms with van der Waals surface area (Å²) in [5, 5.41) is 11.5. The number of non-ortho nitro benzene ring substituents is 1. The molecule has 0 atom stereocenters. The number of methoxy groups -OCH3 is 2. The molecular formula is C19H19N3O5S. The molecule has 1 amide bonds. The number of hydrogen-bond acceptors (Lipinski definition) is 7. The van der Waals surface area contributed by atoms with Crippen molar-refractivity contribution >= 4 is 28.5 Å². The van der Waals surface area contributed by atoms with Crippen LogP contribution in [0, 0.1) is 10.1 Å². The minimum absolute atomic E-state index is 0.0443. The van der Waals surface area contributed by atoms with Gasteiger partial charge in [0, 0.05) is 36.1 Å². The van der Waals surface area contributed by atoms with E-state index in [4.69, 9.17) is 9.47 Å². The largest absolute Gasteiger partial charge is 0.497 e. The van der Waals surface area contributed by atoms with Crippen molar-refractivity contribution in [3.8, 4) is 11.5 Å². The number of nitro benzene ring substituents is 1. The van der Waals surface area contributed by atoms with Gasteiger partial charge in [-0.15, -0.1) is 0 Å². The monoisotopic (exact) mass is 401 g/mol. The number of thioether (sulfide) groups is 1. The van der Waals surface area contributed by atoms with Gasteiger partial charge in [-0.3, -0.25) is 24.8 Å². The minimum Gasteiger partial charge on any atom is -0.497 e. The third-order valence-corrected chi connectivity index (χ3v) is 5.22. The van der Waals surface area contributed by atoms with Gasteiger partial charge >= 0.3 is 0 Å². The maximum absolute atomic E-state index is 13.0. The van der Waals surface area contributed by atoms with Crippen molar-refractivity contribution in [3.05, 3.63) is 63.7 Å². The number of amidine groups is 1. The highest BCUT2D eigenvalue weighted by Crippen LogP contribution is 2.27. The topological polar surface area (TPSA) is 94.3 Å². The minimum atomic E-state index is -0.423. The third kappa shape index (κ3) is 4.42. The summed E-state index contributed by atoms with van der Waals surface area (Å²) in [7, 11) is 3.06. The molecule has 0 radical (unpaired) electrons. The fraction of sp³-hybridized carbons (Fsp3) is 0.263. The summed E-state index contributed by atoms with van der Waals surface area (Å²) < 4.78 is 10.5. The first kappa shape index (κ1) is 19.7. The fourth-order valence-corrected chi connectivity index (χ4v) is 3.72. The Morgan fingerprint density at radius 1 is 1.21 bits per heavy atom. The number of rotatable bonds is 6. The number of aliphatic imine (C=N–C) groups is 1. The number of nitrogens with zero attached hydrogens (tertiary/aromatic N) is 3. The van der Waals surface area contributed by atoms with Gasteiger partial charge in [-0.25, -0.2) is 0 Å². The first-order chi connectivity index (χ1) is 13.5. The average Bonchev–Trinajstić information content (AvgIpc) is 3.20. The predicted molar refractivity (Wildman–Crippen MR) is 107 cm³/mol. The summed E-state index contributed by atoms with van der Waals surface area (Å²) in [5.41, 5.74) is 1.29. The quantitative estimate of drug-likeness (QED) is 0.544. The fourth-order valence-electron chi connectivity index (χ4n) is 2.73. The number of benzene rings is 2. The summed E-state index contributed by atoms with van der Waals surface area (Å²) in [6, 6.07) is 11.5. The van der Waals surface area contributed by atoms with E-state index in [0.29, 0.717) is 41.1 Å². The van der Waals surface area contributed by atoms with Crippen LogP contribution in [0.25, 0.3) is 0 Å². The van der Waals surface area contributed by atoms with Crippen LogP contribution in [0.2, 0.25) is 0 Å². The van der Waals surface area contributed by atoms with Crippen molar-refractivity contribution in [1.82, 2.24) is 4.90 Å². The summed E-state index contributed by atoms with van der Waals surface area (Å²) in [6.07, 6.45) is 0. The van der Waals surface area contributed by atoms with Crippen molar-refractivity contribution < 1.29 is 19.2 Å². The van der Waals surface area contributed by atoms with Crippen LogP contribution in [0.4, 0.5) is 5.69 Å². The van der Waals surface area contributed by atoms with E-state index in [0.717, 1.165) is 5.56 Å². The van der Waals surface area contributed by atoms with Gasteiger partial charge in [0.25, 0.3) is 11.6 Å². The van der Waals surface area contributed by atoms with Crippen LogP contribution in [0.3, 0.4) is 0 Å². The van der Waals surface area contributed by atoms with Gasteiger partial charge in [-0.1, -0.05) is 23.9 Å². The summed E-state index contributed by atoms with van der Waals surface area (Å²) in [4.78, 5) is 29.5. The van der Waals surface area contributed by atoms with E-state index >= 15 is 0 Å². The Kier molecular flexibility index (Phi) is 6.15. The number of carbonyl (C=O) groups is 1. The van der Waals surface area contributed by atoms with Gasteiger partial charge in [0.1, 0.15) is 11.5 Å². The van der Waals surface area contributed by atoms with Crippen molar-refractivity contribution in [2.45, 2.75) is 5.75 Å². The molecule has 146 valence electrons. The summed E-state index contributed by atoms with van der Waals surface area (Å²) >= 11 is 1.38. The maximum atomic E-state index is 13.0. The molecule has 0 aromatic heterocycles. The number of hydrogen-bond donors (Lipinski definition) is 0. The van der Waals surface area contributed by atoms with E-state index < -0.39 is 4.92 Å². The van der Waals surface area contributed by atoms with E-state index in [1.54, 1.807) is 29.2 Å². The molecule has 0 saturated heterocycles. The molecular weight excluding hydrogens is 382 g/mol. The third-order valence-electron chi connectivity index (χ3n) is 4.13. The van der Waals surface area contributed by atoms with Crippen LogP contribution < -0.4 is 9.47 Å². The molecule has 1 aliphatic heterocycles. The first-order valence-corrected chi connectivity index (χ1v) is 9.46. The van der Waals surface area contributed by atoms with Crippen molar-refractivity contribution in [3.63, 3.8) is 0 Å². The average molecular weight is 401 g/mol. The molecule has 1 heterocycles. The zero-order chi connectivity index (χ0) is 20.1. The van der Waals surface area contributed by atoms with Crippen molar-refractivity contribution in [2.75, 3.05) is 27.3 Å². The van der Waals surface area contributed by atoms with Crippen LogP contribution in [0.15, 0.2) is 47.5 Å². The lowest BCUT2D eigenvalue weighted by Crippen LogP contribution is -2.32. The Bertz CT molecular complexity index is 909. The smallest absolute Gasteiger partial charge is 0.269 e. The molecule has 1 aliphatic rings. The molecule has 0 spiro atoms. The molecule has 0 bridgehead atoms. The molecule has 2 aromatic rings. The van der Waals surface area contributed by atoms with Crippen LogP contribution in [-0.4, -0.2) is 48.2 Å². The molecule has 0 N–H and O–H groups in total. The van der Waals surface area contributed by atoms with Gasteiger partial charge < -0.3 is 9.47 Å².